The maximum absolute atomic E-state index is 11.8. The molecule has 1 fully saturated rings. The van der Waals surface area contributed by atoms with Gasteiger partial charge in [-0.15, -0.1) is 0 Å². The summed E-state index contributed by atoms with van der Waals surface area (Å²) in [6.45, 7) is 9.73. The lowest BCUT2D eigenvalue weighted by atomic mass is 10.1. The van der Waals surface area contributed by atoms with Crippen molar-refractivity contribution in [2.24, 2.45) is 5.92 Å². The van der Waals surface area contributed by atoms with E-state index in [0.717, 1.165) is 12.0 Å². The van der Waals surface area contributed by atoms with Crippen molar-refractivity contribution >= 4 is 12.2 Å². The van der Waals surface area contributed by atoms with Crippen molar-refractivity contribution in [3.8, 4) is 5.75 Å². The molecule has 1 aliphatic rings. The largest absolute Gasteiger partial charge is 0.513 e. The maximum atomic E-state index is 11.8. The van der Waals surface area contributed by atoms with Gasteiger partial charge in [0.2, 0.25) is 0 Å². The van der Waals surface area contributed by atoms with Crippen LogP contribution in [0.15, 0.2) is 24.3 Å². The van der Waals surface area contributed by atoms with Crippen molar-refractivity contribution in [2.75, 3.05) is 6.61 Å². The minimum Gasteiger partial charge on any atom is -0.444 e. The third kappa shape index (κ3) is 6.64. The lowest BCUT2D eigenvalue weighted by Gasteiger charge is -2.19. The van der Waals surface area contributed by atoms with Crippen LogP contribution in [-0.2, 0) is 9.47 Å². The van der Waals surface area contributed by atoms with Gasteiger partial charge in [-0.3, -0.25) is 0 Å². The van der Waals surface area contributed by atoms with Gasteiger partial charge in [0, 0.05) is 12.0 Å². The van der Waals surface area contributed by atoms with E-state index in [-0.39, 0.29) is 17.9 Å². The molecule has 0 heterocycles. The highest BCUT2D eigenvalue weighted by Crippen LogP contribution is 2.41. The fourth-order valence-electron chi connectivity index (χ4n) is 2.35. The zero-order valence-electron chi connectivity index (χ0n) is 15.5. The topological polar surface area (TPSA) is 73.9 Å². The van der Waals surface area contributed by atoms with Gasteiger partial charge in [-0.1, -0.05) is 26.0 Å². The molecule has 0 spiro atoms. The normalized spacial score (nSPS) is 19.3. The fraction of sp³-hybridized carbons (Fsp3) is 0.579. The molecule has 2 rings (SSSR count). The molecular weight excluding hydrogens is 322 g/mol. The summed E-state index contributed by atoms with van der Waals surface area (Å²) in [7, 11) is 0. The Hall–Kier alpha value is -2.24. The lowest BCUT2D eigenvalue weighted by molar-refractivity contribution is 0.0522. The number of hydrogen-bond acceptors (Lipinski definition) is 5. The number of carbonyl (C=O) groups excluding carboxylic acids is 2. The second-order valence-corrected chi connectivity index (χ2v) is 7.72. The summed E-state index contributed by atoms with van der Waals surface area (Å²) in [5.41, 5.74) is 0.494. The van der Waals surface area contributed by atoms with E-state index < -0.39 is 17.8 Å². The smallest absolute Gasteiger partial charge is 0.444 e. The van der Waals surface area contributed by atoms with E-state index in [2.05, 4.69) is 5.32 Å². The predicted octanol–water partition coefficient (Wildman–Crippen LogP) is 4.24. The van der Waals surface area contributed by atoms with Crippen LogP contribution in [0.2, 0.25) is 0 Å². The monoisotopic (exact) mass is 349 g/mol. The molecule has 0 aromatic heterocycles. The fourth-order valence-corrected chi connectivity index (χ4v) is 2.35. The number of alkyl carbamates (subject to hydrolysis) is 1. The van der Waals surface area contributed by atoms with E-state index in [9.17, 15) is 9.59 Å². The van der Waals surface area contributed by atoms with Crippen LogP contribution in [0, 0.1) is 5.92 Å². The Kier molecular flexibility index (Phi) is 5.93. The first-order chi connectivity index (χ1) is 11.6. The molecule has 0 radical (unpaired) electrons. The summed E-state index contributed by atoms with van der Waals surface area (Å²) in [6.07, 6.45) is -0.282. The summed E-state index contributed by atoms with van der Waals surface area (Å²) in [5.74, 6) is 0.891. The van der Waals surface area contributed by atoms with Crippen molar-refractivity contribution in [1.82, 2.24) is 5.32 Å². The van der Waals surface area contributed by atoms with Crippen molar-refractivity contribution in [3.05, 3.63) is 29.8 Å². The van der Waals surface area contributed by atoms with E-state index in [1.54, 1.807) is 12.1 Å². The number of ether oxygens (including phenoxy) is 3. The average Bonchev–Trinajstić information content (AvgIpc) is 3.22. The molecule has 6 heteroatoms. The molecule has 1 N–H and O–H groups in total. The van der Waals surface area contributed by atoms with E-state index in [1.165, 1.54) is 0 Å². The standard InChI is InChI=1S/C19H27NO5/c1-12(2)11-23-18(22)24-14-8-6-7-13(9-14)15-10-16(15)20-17(21)25-19(3,4)5/h6-9,12,15-16H,10-11H2,1-5H3,(H,20,21). The molecular formula is C19H27NO5. The SMILES string of the molecule is CC(C)COC(=O)Oc1cccc(C2CC2NC(=O)OC(C)(C)C)c1. The maximum Gasteiger partial charge on any atom is 0.513 e. The van der Waals surface area contributed by atoms with Gasteiger partial charge in [-0.05, 0) is 50.8 Å². The molecule has 1 saturated carbocycles. The molecule has 1 aromatic rings. The number of carbonyl (C=O) groups is 2. The van der Waals surface area contributed by atoms with Crippen LogP contribution in [0.3, 0.4) is 0 Å². The first-order valence-corrected chi connectivity index (χ1v) is 8.58. The number of benzene rings is 1. The Morgan fingerprint density at radius 1 is 1.28 bits per heavy atom. The summed E-state index contributed by atoms with van der Waals surface area (Å²) < 4.78 is 15.5. The minimum absolute atomic E-state index is 0.0398. The Morgan fingerprint density at radius 2 is 2.00 bits per heavy atom. The molecule has 0 aliphatic heterocycles. The second kappa shape index (κ2) is 7.76. The summed E-state index contributed by atoms with van der Waals surface area (Å²) >= 11 is 0. The first-order valence-electron chi connectivity index (χ1n) is 8.58. The second-order valence-electron chi connectivity index (χ2n) is 7.72. The lowest BCUT2D eigenvalue weighted by Crippen LogP contribution is -2.34. The first kappa shape index (κ1) is 19.1. The highest BCUT2D eigenvalue weighted by Gasteiger charge is 2.40. The van der Waals surface area contributed by atoms with Crippen LogP contribution in [-0.4, -0.2) is 30.5 Å². The molecule has 0 bridgehead atoms. The van der Waals surface area contributed by atoms with Crippen LogP contribution in [0.5, 0.6) is 5.75 Å². The van der Waals surface area contributed by atoms with Gasteiger partial charge in [0.05, 0.1) is 6.61 Å². The van der Waals surface area contributed by atoms with Crippen molar-refractivity contribution < 1.29 is 23.8 Å². The minimum atomic E-state index is -0.704. The molecule has 25 heavy (non-hydrogen) atoms. The van der Waals surface area contributed by atoms with Crippen molar-refractivity contribution in [1.29, 1.82) is 0 Å². The van der Waals surface area contributed by atoms with E-state index in [0.29, 0.717) is 12.4 Å². The summed E-state index contributed by atoms with van der Waals surface area (Å²) in [6, 6.07) is 7.33. The van der Waals surface area contributed by atoms with Gasteiger partial charge in [0.25, 0.3) is 0 Å². The predicted molar refractivity (Wildman–Crippen MR) is 93.8 cm³/mol. The van der Waals surface area contributed by atoms with Crippen LogP contribution >= 0.6 is 0 Å². The molecule has 2 unspecified atom stereocenters. The van der Waals surface area contributed by atoms with Gasteiger partial charge in [0.1, 0.15) is 11.4 Å². The summed E-state index contributed by atoms with van der Waals surface area (Å²) in [4.78, 5) is 23.4. The van der Waals surface area contributed by atoms with E-state index in [4.69, 9.17) is 14.2 Å². The van der Waals surface area contributed by atoms with E-state index in [1.807, 2.05) is 46.8 Å². The number of hydrogen-bond donors (Lipinski definition) is 1. The third-order valence-corrected chi connectivity index (χ3v) is 3.51. The Morgan fingerprint density at radius 3 is 2.64 bits per heavy atom. The van der Waals surface area contributed by atoms with Gasteiger partial charge in [-0.25, -0.2) is 9.59 Å². The highest BCUT2D eigenvalue weighted by molar-refractivity contribution is 5.69. The van der Waals surface area contributed by atoms with Gasteiger partial charge in [-0.2, -0.15) is 0 Å². The molecule has 1 amide bonds. The molecule has 1 aliphatic carbocycles. The highest BCUT2D eigenvalue weighted by atomic mass is 16.7. The Bertz CT molecular complexity index is 620. The van der Waals surface area contributed by atoms with Crippen LogP contribution in [0.25, 0.3) is 0 Å². The third-order valence-electron chi connectivity index (χ3n) is 3.51. The molecule has 2 atom stereocenters. The average molecular weight is 349 g/mol. The van der Waals surface area contributed by atoms with E-state index >= 15 is 0 Å². The zero-order chi connectivity index (χ0) is 18.6. The molecule has 6 nitrogen and oxygen atoms in total. The van der Waals surface area contributed by atoms with Crippen LogP contribution in [0.1, 0.15) is 52.5 Å². The zero-order valence-corrected chi connectivity index (χ0v) is 15.5. The van der Waals surface area contributed by atoms with Crippen molar-refractivity contribution in [3.63, 3.8) is 0 Å². The Labute approximate surface area is 148 Å². The van der Waals surface area contributed by atoms with Crippen LogP contribution in [0.4, 0.5) is 9.59 Å². The summed E-state index contributed by atoms with van der Waals surface area (Å²) in [5, 5.41) is 2.86. The number of amides is 1. The number of rotatable bonds is 5. The van der Waals surface area contributed by atoms with Gasteiger partial charge >= 0.3 is 12.2 Å². The Balaban J connectivity index is 1.86. The quantitative estimate of drug-likeness (QED) is 0.636. The van der Waals surface area contributed by atoms with Gasteiger partial charge < -0.3 is 19.5 Å². The van der Waals surface area contributed by atoms with Crippen molar-refractivity contribution in [2.45, 2.75) is 58.6 Å². The molecule has 138 valence electrons. The van der Waals surface area contributed by atoms with Crippen LogP contribution < -0.4 is 10.1 Å². The van der Waals surface area contributed by atoms with Gasteiger partial charge in [0.15, 0.2) is 0 Å². The molecule has 1 aromatic carbocycles. The molecule has 0 saturated heterocycles. The number of nitrogens with one attached hydrogen (secondary N) is 1.